The van der Waals surface area contributed by atoms with Crippen LogP contribution in [0.4, 0.5) is 5.69 Å². The van der Waals surface area contributed by atoms with E-state index < -0.39 is 0 Å². The van der Waals surface area contributed by atoms with Crippen LogP contribution < -0.4 is 10.1 Å². The van der Waals surface area contributed by atoms with Crippen LogP contribution in [0.15, 0.2) is 59.2 Å². The second kappa shape index (κ2) is 7.72. The number of hydrogen-bond donors (Lipinski definition) is 1. The van der Waals surface area contributed by atoms with Crippen LogP contribution in [-0.2, 0) is 6.61 Å². The fourth-order valence-corrected chi connectivity index (χ4v) is 2.96. The van der Waals surface area contributed by atoms with Gasteiger partial charge < -0.3 is 14.5 Å². The quantitative estimate of drug-likeness (QED) is 0.565. The van der Waals surface area contributed by atoms with E-state index in [-0.39, 0.29) is 0 Å². The number of hydrogen-bond acceptors (Lipinski definition) is 3. The molecule has 3 aromatic rings. The van der Waals surface area contributed by atoms with Gasteiger partial charge in [0.1, 0.15) is 23.1 Å². The zero-order chi connectivity index (χ0) is 17.8. The van der Waals surface area contributed by atoms with E-state index in [1.54, 1.807) is 6.26 Å². The normalized spacial score (nSPS) is 10.5. The highest BCUT2D eigenvalue weighted by molar-refractivity contribution is 7.81. The molecule has 0 spiro atoms. The molecule has 2 aromatic carbocycles. The van der Waals surface area contributed by atoms with Gasteiger partial charge >= 0.3 is 0 Å². The Hall–Kier alpha value is -2.30. The summed E-state index contributed by atoms with van der Waals surface area (Å²) in [5, 5.41) is 3.88. The van der Waals surface area contributed by atoms with Crippen molar-refractivity contribution in [2.75, 3.05) is 5.32 Å². The van der Waals surface area contributed by atoms with Crippen molar-refractivity contribution in [2.45, 2.75) is 20.5 Å². The van der Waals surface area contributed by atoms with E-state index in [4.69, 9.17) is 33.0 Å². The van der Waals surface area contributed by atoms with Gasteiger partial charge in [0.05, 0.1) is 11.8 Å². The van der Waals surface area contributed by atoms with Crippen LogP contribution in [0.5, 0.6) is 5.75 Å². The number of para-hydroxylation sites is 1. The molecule has 0 amide bonds. The van der Waals surface area contributed by atoms with Crippen LogP contribution in [0.25, 0.3) is 0 Å². The number of furan rings is 1. The molecule has 0 unspecified atom stereocenters. The summed E-state index contributed by atoms with van der Waals surface area (Å²) in [6, 6.07) is 15.4. The Bertz CT molecular complexity index is 904. The molecule has 0 radical (unpaired) electrons. The summed E-state index contributed by atoms with van der Waals surface area (Å²) in [7, 11) is 0. The first kappa shape index (κ1) is 17.5. The molecule has 25 heavy (non-hydrogen) atoms. The molecule has 0 saturated carbocycles. The Morgan fingerprint density at radius 3 is 2.68 bits per heavy atom. The number of anilines is 1. The van der Waals surface area contributed by atoms with Crippen molar-refractivity contribution >= 4 is 34.5 Å². The molecule has 0 bridgehead atoms. The molecule has 1 aromatic heterocycles. The number of halogens is 1. The molecular formula is C20H18ClNO2S. The Morgan fingerprint density at radius 2 is 1.96 bits per heavy atom. The summed E-state index contributed by atoms with van der Waals surface area (Å²) in [5.41, 5.74) is 3.71. The maximum absolute atomic E-state index is 6.31. The van der Waals surface area contributed by atoms with E-state index in [0.717, 1.165) is 33.9 Å². The van der Waals surface area contributed by atoms with Gasteiger partial charge in [-0.1, -0.05) is 42.0 Å². The van der Waals surface area contributed by atoms with Gasteiger partial charge in [0, 0.05) is 16.3 Å². The van der Waals surface area contributed by atoms with Gasteiger partial charge in [-0.25, -0.2) is 0 Å². The standard InChI is InChI=1S/C20H18ClNO2S/c1-13-5-3-4-6-19(13)24-12-15-11-16(7-8-18(15)21)22-20(25)17-9-10-23-14(17)2/h3-11H,12H2,1-2H3,(H,22,25). The van der Waals surface area contributed by atoms with E-state index >= 15 is 0 Å². The summed E-state index contributed by atoms with van der Waals surface area (Å²) >= 11 is 11.8. The second-order valence-electron chi connectivity index (χ2n) is 5.70. The molecule has 5 heteroatoms. The highest BCUT2D eigenvalue weighted by Crippen LogP contribution is 2.24. The first-order valence-electron chi connectivity index (χ1n) is 7.87. The average Bonchev–Trinajstić information content (AvgIpc) is 3.03. The van der Waals surface area contributed by atoms with E-state index in [2.05, 4.69) is 5.32 Å². The molecular weight excluding hydrogens is 354 g/mol. The van der Waals surface area contributed by atoms with Crippen molar-refractivity contribution in [1.29, 1.82) is 0 Å². The van der Waals surface area contributed by atoms with Crippen molar-refractivity contribution in [3.05, 3.63) is 82.3 Å². The van der Waals surface area contributed by atoms with E-state index in [0.29, 0.717) is 16.6 Å². The maximum atomic E-state index is 6.31. The van der Waals surface area contributed by atoms with Gasteiger partial charge in [0.15, 0.2) is 0 Å². The molecule has 128 valence electrons. The van der Waals surface area contributed by atoms with Crippen molar-refractivity contribution in [1.82, 2.24) is 0 Å². The lowest BCUT2D eigenvalue weighted by molar-refractivity contribution is 0.304. The first-order valence-corrected chi connectivity index (χ1v) is 8.65. The number of ether oxygens (including phenoxy) is 1. The van der Waals surface area contributed by atoms with E-state index in [9.17, 15) is 0 Å². The third-order valence-corrected chi connectivity index (χ3v) is 4.57. The molecule has 0 aliphatic heterocycles. The number of rotatable bonds is 5. The number of nitrogens with one attached hydrogen (secondary N) is 1. The summed E-state index contributed by atoms with van der Waals surface area (Å²) in [6.45, 7) is 4.28. The summed E-state index contributed by atoms with van der Waals surface area (Å²) in [4.78, 5) is 0.611. The van der Waals surface area contributed by atoms with Gasteiger partial charge in [-0.05, 0) is 49.7 Å². The minimum Gasteiger partial charge on any atom is -0.489 e. The van der Waals surface area contributed by atoms with Crippen LogP contribution >= 0.6 is 23.8 Å². The van der Waals surface area contributed by atoms with Crippen LogP contribution in [0.2, 0.25) is 5.02 Å². The topological polar surface area (TPSA) is 34.4 Å². The third kappa shape index (κ3) is 4.21. The molecule has 0 aliphatic carbocycles. The third-order valence-electron chi connectivity index (χ3n) is 3.88. The Morgan fingerprint density at radius 1 is 1.16 bits per heavy atom. The zero-order valence-electron chi connectivity index (χ0n) is 14.0. The predicted molar refractivity (Wildman–Crippen MR) is 106 cm³/mol. The van der Waals surface area contributed by atoms with Crippen LogP contribution in [-0.4, -0.2) is 4.99 Å². The largest absolute Gasteiger partial charge is 0.489 e. The Kier molecular flexibility index (Phi) is 5.41. The Balaban J connectivity index is 1.73. The monoisotopic (exact) mass is 371 g/mol. The summed E-state index contributed by atoms with van der Waals surface area (Å²) in [5.74, 6) is 1.64. The molecule has 0 aliphatic rings. The Labute approximate surface area is 157 Å². The highest BCUT2D eigenvalue weighted by atomic mass is 35.5. The number of thiocarbonyl (C=S) groups is 1. The smallest absolute Gasteiger partial charge is 0.122 e. The lowest BCUT2D eigenvalue weighted by atomic mass is 10.2. The first-order chi connectivity index (χ1) is 12.0. The lowest BCUT2D eigenvalue weighted by Gasteiger charge is -2.13. The average molecular weight is 372 g/mol. The van der Waals surface area contributed by atoms with Gasteiger partial charge in [0.2, 0.25) is 0 Å². The molecule has 1 N–H and O–H groups in total. The van der Waals surface area contributed by atoms with Crippen LogP contribution in [0.3, 0.4) is 0 Å². The number of benzene rings is 2. The van der Waals surface area contributed by atoms with Gasteiger partial charge in [-0.3, -0.25) is 0 Å². The molecule has 3 rings (SSSR count). The van der Waals surface area contributed by atoms with Gasteiger partial charge in [-0.2, -0.15) is 0 Å². The molecule has 0 saturated heterocycles. The van der Waals surface area contributed by atoms with Crippen LogP contribution in [0, 0.1) is 13.8 Å². The molecule has 0 fully saturated rings. The highest BCUT2D eigenvalue weighted by Gasteiger charge is 2.10. The SMILES string of the molecule is Cc1ccccc1OCc1cc(NC(=S)c2ccoc2C)ccc1Cl. The minimum absolute atomic E-state index is 0.386. The zero-order valence-corrected chi connectivity index (χ0v) is 15.6. The fraction of sp³-hybridized carbons (Fsp3) is 0.150. The second-order valence-corrected chi connectivity index (χ2v) is 6.52. The molecule has 0 atom stereocenters. The van der Waals surface area contributed by atoms with E-state index in [1.165, 1.54) is 0 Å². The molecule has 3 nitrogen and oxygen atoms in total. The van der Waals surface area contributed by atoms with Crippen LogP contribution in [0.1, 0.15) is 22.5 Å². The minimum atomic E-state index is 0.386. The van der Waals surface area contributed by atoms with Crippen molar-refractivity contribution in [2.24, 2.45) is 0 Å². The maximum Gasteiger partial charge on any atom is 0.122 e. The van der Waals surface area contributed by atoms with Crippen molar-refractivity contribution in [3.63, 3.8) is 0 Å². The van der Waals surface area contributed by atoms with Crippen molar-refractivity contribution < 1.29 is 9.15 Å². The summed E-state index contributed by atoms with van der Waals surface area (Å²) < 4.78 is 11.2. The molecule has 1 heterocycles. The van der Waals surface area contributed by atoms with E-state index in [1.807, 2.05) is 62.4 Å². The number of aryl methyl sites for hydroxylation is 2. The summed E-state index contributed by atoms with van der Waals surface area (Å²) in [6.07, 6.45) is 1.63. The fourth-order valence-electron chi connectivity index (χ4n) is 2.46. The van der Waals surface area contributed by atoms with Gasteiger partial charge in [0.25, 0.3) is 0 Å². The lowest BCUT2D eigenvalue weighted by Crippen LogP contribution is -2.11. The van der Waals surface area contributed by atoms with Crippen molar-refractivity contribution in [3.8, 4) is 5.75 Å². The predicted octanol–water partition coefficient (Wildman–Crippen LogP) is 5.92. The van der Waals surface area contributed by atoms with Gasteiger partial charge in [-0.15, -0.1) is 0 Å².